The minimum atomic E-state index is -1.15. The second kappa shape index (κ2) is 6.49. The van der Waals surface area contributed by atoms with Crippen molar-refractivity contribution in [3.63, 3.8) is 0 Å². The minimum Gasteiger partial charge on any atom is -0.481 e. The zero-order valence-corrected chi connectivity index (χ0v) is 11.8. The predicted octanol–water partition coefficient (Wildman–Crippen LogP) is 2.69. The molecule has 1 aromatic carbocycles. The van der Waals surface area contributed by atoms with Gasteiger partial charge in [-0.25, -0.2) is 9.37 Å². The number of halogens is 2. The molecule has 7 heteroatoms. The van der Waals surface area contributed by atoms with Crippen molar-refractivity contribution in [1.82, 2.24) is 9.97 Å². The maximum Gasteiger partial charge on any atom is 0.316 e. The third kappa shape index (κ3) is 3.46. The Hall–Kier alpha value is -2.21. The summed E-state index contributed by atoms with van der Waals surface area (Å²) in [4.78, 5) is 19.2. The first-order valence-electron chi connectivity index (χ1n) is 6.05. The van der Waals surface area contributed by atoms with Crippen molar-refractivity contribution in [2.24, 2.45) is 0 Å². The summed E-state index contributed by atoms with van der Waals surface area (Å²) in [6, 6.07) is 5.98. The number of methoxy groups -OCH3 is 1. The van der Waals surface area contributed by atoms with Crippen LogP contribution in [0.4, 0.5) is 4.39 Å². The summed E-state index contributed by atoms with van der Waals surface area (Å²) in [7, 11) is 1.36. The lowest BCUT2D eigenvalue weighted by atomic mass is 9.95. The van der Waals surface area contributed by atoms with Gasteiger partial charge in [0.15, 0.2) is 0 Å². The molecule has 0 aliphatic rings. The smallest absolute Gasteiger partial charge is 0.316 e. The van der Waals surface area contributed by atoms with Crippen molar-refractivity contribution < 1.29 is 19.0 Å². The van der Waals surface area contributed by atoms with Gasteiger partial charge in [0.05, 0.1) is 24.0 Å². The van der Waals surface area contributed by atoms with Crippen LogP contribution in [0, 0.1) is 5.82 Å². The Kier molecular flexibility index (Phi) is 4.70. The van der Waals surface area contributed by atoms with Gasteiger partial charge in [-0.15, -0.1) is 0 Å². The fraction of sp³-hybridized carbons (Fsp3) is 0.214. The van der Waals surface area contributed by atoms with Crippen LogP contribution >= 0.6 is 11.6 Å². The Balaban J connectivity index is 2.40. The predicted molar refractivity (Wildman–Crippen MR) is 74.1 cm³/mol. The molecule has 0 aliphatic heterocycles. The van der Waals surface area contributed by atoms with E-state index in [-0.39, 0.29) is 28.7 Å². The summed E-state index contributed by atoms with van der Waals surface area (Å²) in [5, 5.41) is 9.48. The van der Waals surface area contributed by atoms with Crippen molar-refractivity contribution in [1.29, 1.82) is 0 Å². The van der Waals surface area contributed by atoms with Crippen LogP contribution in [0.15, 0.2) is 30.5 Å². The molecule has 0 amide bonds. The van der Waals surface area contributed by atoms with Crippen LogP contribution in [0.3, 0.4) is 0 Å². The van der Waals surface area contributed by atoms with Gasteiger partial charge in [0.2, 0.25) is 0 Å². The Morgan fingerprint density at radius 2 is 2.19 bits per heavy atom. The van der Waals surface area contributed by atoms with Crippen LogP contribution in [0.5, 0.6) is 6.01 Å². The summed E-state index contributed by atoms with van der Waals surface area (Å²) in [5.41, 5.74) is 0.373. The molecule has 1 unspecified atom stereocenters. The Morgan fingerprint density at radius 1 is 1.48 bits per heavy atom. The third-order valence-electron chi connectivity index (χ3n) is 2.94. The molecule has 1 atom stereocenters. The molecule has 0 fully saturated rings. The van der Waals surface area contributed by atoms with Gasteiger partial charge in [-0.2, -0.15) is 4.98 Å². The summed E-state index contributed by atoms with van der Waals surface area (Å²) in [6.07, 6.45) is 1.20. The van der Waals surface area contributed by atoms with Gasteiger partial charge in [0.1, 0.15) is 11.7 Å². The molecule has 1 N–H and O–H groups in total. The first-order valence-corrected chi connectivity index (χ1v) is 6.43. The number of benzene rings is 1. The molecule has 0 radical (unpaired) electrons. The molecule has 21 heavy (non-hydrogen) atoms. The van der Waals surface area contributed by atoms with Crippen molar-refractivity contribution in [3.8, 4) is 6.01 Å². The number of aromatic nitrogens is 2. The molecule has 0 bridgehead atoms. The van der Waals surface area contributed by atoms with Crippen molar-refractivity contribution in [3.05, 3.63) is 52.6 Å². The number of hydrogen-bond donors (Lipinski definition) is 1. The number of aliphatic carboxylic acids is 1. The number of hydrogen-bond acceptors (Lipinski definition) is 4. The van der Waals surface area contributed by atoms with Crippen LogP contribution in [0.1, 0.15) is 17.2 Å². The van der Waals surface area contributed by atoms with Crippen LogP contribution in [0.25, 0.3) is 0 Å². The Bertz CT molecular complexity index is 666. The summed E-state index contributed by atoms with van der Waals surface area (Å²) in [5.74, 6) is -2.71. The van der Waals surface area contributed by atoms with E-state index < -0.39 is 17.7 Å². The number of carbonyl (C=O) groups is 1. The highest BCUT2D eigenvalue weighted by molar-refractivity contribution is 6.31. The molecule has 1 heterocycles. The number of nitrogens with zero attached hydrogens (tertiary/aromatic N) is 2. The summed E-state index contributed by atoms with van der Waals surface area (Å²) >= 11 is 5.96. The van der Waals surface area contributed by atoms with Crippen LogP contribution in [-0.4, -0.2) is 28.2 Å². The van der Waals surface area contributed by atoms with E-state index in [2.05, 4.69) is 9.97 Å². The number of carboxylic acids is 1. The molecule has 5 nitrogen and oxygen atoms in total. The van der Waals surface area contributed by atoms with E-state index in [9.17, 15) is 14.3 Å². The van der Waals surface area contributed by atoms with E-state index in [1.165, 1.54) is 31.5 Å². The SMILES string of the molecule is COc1ncc(Cl)c(C(Cc2ccccc2F)C(=O)O)n1. The summed E-state index contributed by atoms with van der Waals surface area (Å²) < 4.78 is 18.6. The maximum absolute atomic E-state index is 13.7. The van der Waals surface area contributed by atoms with Crippen LogP contribution in [-0.2, 0) is 11.2 Å². The van der Waals surface area contributed by atoms with E-state index in [1.807, 2.05) is 0 Å². The second-order valence-corrected chi connectivity index (χ2v) is 4.68. The third-order valence-corrected chi connectivity index (χ3v) is 3.23. The standard InChI is InChI=1S/C14H12ClFN2O3/c1-21-14-17-7-10(15)12(18-14)9(13(19)20)6-8-4-2-3-5-11(8)16/h2-5,7,9H,6H2,1H3,(H,19,20). The fourth-order valence-corrected chi connectivity index (χ4v) is 2.11. The van der Waals surface area contributed by atoms with E-state index >= 15 is 0 Å². The quantitative estimate of drug-likeness (QED) is 0.919. The van der Waals surface area contributed by atoms with Gasteiger partial charge in [-0.05, 0) is 18.1 Å². The zero-order chi connectivity index (χ0) is 15.4. The van der Waals surface area contributed by atoms with Gasteiger partial charge in [-0.3, -0.25) is 4.79 Å². The molecule has 0 spiro atoms. The van der Waals surface area contributed by atoms with Gasteiger partial charge in [-0.1, -0.05) is 29.8 Å². The summed E-state index contributed by atoms with van der Waals surface area (Å²) in [6.45, 7) is 0. The molecule has 110 valence electrons. The lowest BCUT2D eigenvalue weighted by molar-refractivity contribution is -0.138. The van der Waals surface area contributed by atoms with Crippen LogP contribution < -0.4 is 4.74 Å². The molecule has 0 aliphatic carbocycles. The van der Waals surface area contributed by atoms with Gasteiger partial charge < -0.3 is 9.84 Å². The second-order valence-electron chi connectivity index (χ2n) is 4.28. The average Bonchev–Trinajstić information content (AvgIpc) is 2.47. The zero-order valence-electron chi connectivity index (χ0n) is 11.1. The lowest BCUT2D eigenvalue weighted by Crippen LogP contribution is -2.17. The van der Waals surface area contributed by atoms with E-state index in [4.69, 9.17) is 16.3 Å². The Morgan fingerprint density at radius 3 is 2.81 bits per heavy atom. The first-order chi connectivity index (χ1) is 10.0. The average molecular weight is 311 g/mol. The molecular weight excluding hydrogens is 299 g/mol. The topological polar surface area (TPSA) is 72.3 Å². The molecular formula is C14H12ClFN2O3. The molecule has 0 saturated carbocycles. The number of ether oxygens (including phenoxy) is 1. The first kappa shape index (κ1) is 15.2. The highest BCUT2D eigenvalue weighted by Gasteiger charge is 2.26. The fourth-order valence-electron chi connectivity index (χ4n) is 1.89. The van der Waals surface area contributed by atoms with Gasteiger partial charge in [0.25, 0.3) is 0 Å². The molecule has 2 aromatic rings. The lowest BCUT2D eigenvalue weighted by Gasteiger charge is -2.14. The normalized spacial score (nSPS) is 12.0. The van der Waals surface area contributed by atoms with Gasteiger partial charge >= 0.3 is 12.0 Å². The highest BCUT2D eigenvalue weighted by Crippen LogP contribution is 2.28. The van der Waals surface area contributed by atoms with Gasteiger partial charge in [0, 0.05) is 0 Å². The monoisotopic (exact) mass is 310 g/mol. The number of carboxylic acid groups (broad SMARTS) is 1. The maximum atomic E-state index is 13.7. The molecule has 1 aromatic heterocycles. The van der Waals surface area contributed by atoms with Crippen molar-refractivity contribution >= 4 is 17.6 Å². The van der Waals surface area contributed by atoms with E-state index in [1.54, 1.807) is 6.07 Å². The molecule has 0 saturated heterocycles. The number of rotatable bonds is 5. The largest absolute Gasteiger partial charge is 0.481 e. The van der Waals surface area contributed by atoms with E-state index in [0.717, 1.165) is 0 Å². The van der Waals surface area contributed by atoms with Crippen LogP contribution in [0.2, 0.25) is 5.02 Å². The van der Waals surface area contributed by atoms with Crippen molar-refractivity contribution in [2.75, 3.05) is 7.11 Å². The minimum absolute atomic E-state index is 0.00850. The van der Waals surface area contributed by atoms with E-state index in [0.29, 0.717) is 0 Å². The Labute approximate surface area is 125 Å². The van der Waals surface area contributed by atoms with Crippen molar-refractivity contribution in [2.45, 2.75) is 12.3 Å². The molecule has 2 rings (SSSR count). The highest BCUT2D eigenvalue weighted by atomic mass is 35.5.